The molecule has 0 spiro atoms. The summed E-state index contributed by atoms with van der Waals surface area (Å²) in [7, 11) is -2.42. The SMILES string of the molecule is CCC1CC1(NC(=O)C1CC(Oc2cc(-c3nc(C(C)C)cs3)nc3c(C)c(OC)ccc23)CN1C(=O)C(Nc1cc(F)cc(C(F)(F)F)c1)C(C)(C)C)C(=O)NS(=O)(=O)C1CC1. The number of hydrogen-bond acceptors (Lipinski definition) is 11. The van der Waals surface area contributed by atoms with Gasteiger partial charge in [0.2, 0.25) is 21.8 Å². The number of methoxy groups -OCH3 is 1. The second-order valence-corrected chi connectivity index (χ2v) is 20.9. The number of amides is 3. The first-order valence-electron chi connectivity index (χ1n) is 20.9. The predicted octanol–water partition coefficient (Wildman–Crippen LogP) is 7.73. The zero-order valence-electron chi connectivity index (χ0n) is 36.3. The number of thiazole rings is 1. The highest BCUT2D eigenvalue weighted by atomic mass is 32.2. The summed E-state index contributed by atoms with van der Waals surface area (Å²) in [6, 6.07) is 4.63. The molecule has 3 heterocycles. The Kier molecular flexibility index (Phi) is 12.3. The number of aryl methyl sites for hydroxylation is 1. The number of nitrogens with one attached hydrogen (secondary N) is 3. The smallest absolute Gasteiger partial charge is 0.416 e. The van der Waals surface area contributed by atoms with Crippen molar-refractivity contribution in [3.05, 3.63) is 64.4 Å². The molecule has 2 aliphatic carbocycles. The maximum Gasteiger partial charge on any atom is 0.416 e. The third-order valence-electron chi connectivity index (χ3n) is 12.0. The Morgan fingerprint density at radius 2 is 1.76 bits per heavy atom. The number of pyridine rings is 1. The number of anilines is 1. The number of hydrogen-bond donors (Lipinski definition) is 3. The number of alkyl halides is 3. The van der Waals surface area contributed by atoms with E-state index >= 15 is 0 Å². The van der Waals surface area contributed by atoms with Gasteiger partial charge in [-0.25, -0.2) is 22.8 Å². The summed E-state index contributed by atoms with van der Waals surface area (Å²) in [5, 5.41) is 8.17. The molecule has 2 aromatic heterocycles. The molecule has 13 nitrogen and oxygen atoms in total. The Balaban J connectivity index is 1.26. The molecule has 4 aromatic rings. The Bertz CT molecular complexity index is 2560. The van der Waals surface area contributed by atoms with Gasteiger partial charge in [-0.3, -0.25) is 19.1 Å². The number of nitrogens with zero attached hydrogens (tertiary/aromatic N) is 3. The molecule has 3 fully saturated rings. The highest BCUT2D eigenvalue weighted by Gasteiger charge is 2.62. The monoisotopic (exact) mass is 916 g/mol. The number of halogens is 4. The van der Waals surface area contributed by atoms with Crippen LogP contribution in [0, 0.1) is 24.1 Å². The Hall–Kier alpha value is -5.04. The highest BCUT2D eigenvalue weighted by molar-refractivity contribution is 7.91. The van der Waals surface area contributed by atoms with E-state index in [9.17, 15) is 40.4 Å². The van der Waals surface area contributed by atoms with Crippen LogP contribution in [0.3, 0.4) is 0 Å². The van der Waals surface area contributed by atoms with Gasteiger partial charge in [0.1, 0.15) is 51.7 Å². The minimum atomic E-state index is -4.88. The quantitative estimate of drug-likeness (QED) is 0.107. The fourth-order valence-electron chi connectivity index (χ4n) is 8.14. The third-order valence-corrected chi connectivity index (χ3v) is 14.7. The molecule has 2 saturated carbocycles. The Morgan fingerprint density at radius 3 is 2.35 bits per heavy atom. The molecule has 7 rings (SSSR count). The lowest BCUT2D eigenvalue weighted by molar-refractivity contribution is -0.141. The van der Waals surface area contributed by atoms with Crippen molar-refractivity contribution < 1.29 is 49.8 Å². The average Bonchev–Trinajstić information content (AvgIpc) is 4.08. The summed E-state index contributed by atoms with van der Waals surface area (Å²) in [6.45, 7) is 12.6. The van der Waals surface area contributed by atoms with Gasteiger partial charge in [0.05, 0.1) is 35.7 Å². The second kappa shape index (κ2) is 16.8. The van der Waals surface area contributed by atoms with Crippen LogP contribution in [0.4, 0.5) is 23.2 Å². The number of benzene rings is 2. The summed E-state index contributed by atoms with van der Waals surface area (Å²) in [5.41, 5.74) is -1.43. The predicted molar refractivity (Wildman–Crippen MR) is 230 cm³/mol. The van der Waals surface area contributed by atoms with Gasteiger partial charge in [0.25, 0.3) is 5.91 Å². The van der Waals surface area contributed by atoms with E-state index in [1.807, 2.05) is 33.1 Å². The summed E-state index contributed by atoms with van der Waals surface area (Å²) in [5.74, 6) is -2.74. The number of fused-ring (bicyclic) bond motifs is 1. The number of likely N-dealkylation sites (tertiary alicyclic amines) is 1. The first-order valence-corrected chi connectivity index (χ1v) is 23.3. The highest BCUT2D eigenvalue weighted by Crippen LogP contribution is 2.47. The Morgan fingerprint density at radius 1 is 1.05 bits per heavy atom. The van der Waals surface area contributed by atoms with Crippen molar-refractivity contribution in [2.45, 2.75) is 122 Å². The number of ether oxygens (including phenoxy) is 2. The van der Waals surface area contributed by atoms with Gasteiger partial charge in [-0.15, -0.1) is 11.3 Å². The van der Waals surface area contributed by atoms with Gasteiger partial charge in [0, 0.05) is 34.5 Å². The fraction of sp³-hybridized carbons (Fsp3) is 0.523. The van der Waals surface area contributed by atoms with Crippen molar-refractivity contribution in [1.29, 1.82) is 0 Å². The van der Waals surface area contributed by atoms with Crippen molar-refractivity contribution in [2.75, 3.05) is 19.0 Å². The van der Waals surface area contributed by atoms with Crippen molar-refractivity contribution in [3.8, 4) is 22.2 Å². The van der Waals surface area contributed by atoms with E-state index in [0.717, 1.165) is 17.3 Å². The molecule has 0 bridgehead atoms. The van der Waals surface area contributed by atoms with Crippen LogP contribution >= 0.6 is 11.3 Å². The molecule has 340 valence electrons. The molecule has 1 aliphatic heterocycles. The number of carbonyl (C=O) groups excluding carboxylic acids is 3. The van der Waals surface area contributed by atoms with Gasteiger partial charge in [-0.1, -0.05) is 48.0 Å². The number of aromatic nitrogens is 2. The van der Waals surface area contributed by atoms with Crippen LogP contribution < -0.4 is 24.8 Å². The van der Waals surface area contributed by atoms with Gasteiger partial charge < -0.3 is 25.0 Å². The first-order chi connectivity index (χ1) is 29.4. The van der Waals surface area contributed by atoms with Crippen LogP contribution in [0.2, 0.25) is 0 Å². The van der Waals surface area contributed by atoms with Crippen LogP contribution in [0.25, 0.3) is 21.6 Å². The van der Waals surface area contributed by atoms with Crippen LogP contribution in [-0.2, 0) is 30.6 Å². The molecular weight excluding hydrogens is 865 g/mol. The molecule has 3 N–H and O–H groups in total. The number of rotatable bonds is 14. The van der Waals surface area contributed by atoms with Gasteiger partial charge in [-0.2, -0.15) is 13.2 Å². The minimum absolute atomic E-state index is 0.0927. The van der Waals surface area contributed by atoms with Crippen LogP contribution in [-0.4, -0.2) is 83.6 Å². The van der Waals surface area contributed by atoms with Gasteiger partial charge in [-0.05, 0) is 73.8 Å². The van der Waals surface area contributed by atoms with Gasteiger partial charge in [0.15, 0.2) is 0 Å². The van der Waals surface area contributed by atoms with Crippen molar-refractivity contribution >= 4 is 55.7 Å². The van der Waals surface area contributed by atoms with E-state index in [-0.39, 0.29) is 31.0 Å². The van der Waals surface area contributed by atoms with Crippen molar-refractivity contribution in [3.63, 3.8) is 0 Å². The van der Waals surface area contributed by atoms with Gasteiger partial charge >= 0.3 is 6.18 Å². The molecule has 0 radical (unpaired) electrons. The molecule has 3 amide bonds. The van der Waals surface area contributed by atoms with E-state index in [1.54, 1.807) is 46.1 Å². The molecule has 1 saturated heterocycles. The maximum atomic E-state index is 14.9. The number of carbonyl (C=O) groups is 3. The zero-order valence-corrected chi connectivity index (χ0v) is 37.9. The third kappa shape index (κ3) is 9.45. The zero-order chi connectivity index (χ0) is 46.0. The van der Waals surface area contributed by atoms with E-state index < -0.39 is 85.6 Å². The first kappa shape index (κ1) is 46.0. The van der Waals surface area contributed by atoms with E-state index in [1.165, 1.54) is 16.2 Å². The lowest BCUT2D eigenvalue weighted by Crippen LogP contribution is -2.58. The summed E-state index contributed by atoms with van der Waals surface area (Å²) in [6.07, 6.45) is -4.39. The van der Waals surface area contributed by atoms with E-state index in [2.05, 4.69) is 15.4 Å². The lowest BCUT2D eigenvalue weighted by atomic mass is 9.85. The summed E-state index contributed by atoms with van der Waals surface area (Å²) < 4.78 is 96.2. The number of sulfonamides is 1. The molecule has 2 aromatic carbocycles. The minimum Gasteiger partial charge on any atom is -0.496 e. The normalized spacial score (nSPS) is 21.9. The molecule has 5 atom stereocenters. The molecular formula is C44H52F4N6O7S2. The van der Waals surface area contributed by atoms with E-state index in [0.29, 0.717) is 64.5 Å². The molecule has 3 aliphatic rings. The lowest BCUT2D eigenvalue weighted by Gasteiger charge is -2.36. The second-order valence-electron chi connectivity index (χ2n) is 18.1. The standard InChI is InChI=1S/C44H52F4N6O7S2/c1-9-24-19-43(24,41(57)53-63(58,59)29-10-11-29)52-38(55)33-17-28(20-54(33)40(56)37(42(5,6)7)49-27-15-25(44(46,47)48)14-26(45)16-27)61-35-18-31(39-51-32(21-62-39)22(2)3)50-36-23(4)34(60-8)13-12-30(35)36/h12-16,18,21-22,24,28-29,33,37,49H,9-11,17,19-20H2,1-8H3,(H,52,55)(H,53,57). The largest absolute Gasteiger partial charge is 0.496 e. The Labute approximate surface area is 367 Å². The summed E-state index contributed by atoms with van der Waals surface area (Å²) >= 11 is 1.42. The van der Waals surface area contributed by atoms with Crippen LogP contribution in [0.1, 0.15) is 96.4 Å². The summed E-state index contributed by atoms with van der Waals surface area (Å²) in [4.78, 5) is 54.3. The maximum absolute atomic E-state index is 14.9. The molecule has 5 unspecified atom stereocenters. The average molecular weight is 917 g/mol. The fourth-order valence-corrected chi connectivity index (χ4v) is 10.4. The van der Waals surface area contributed by atoms with Crippen molar-refractivity contribution in [1.82, 2.24) is 24.9 Å². The topological polar surface area (TPSA) is 169 Å². The van der Waals surface area contributed by atoms with Crippen LogP contribution in [0.5, 0.6) is 11.5 Å². The van der Waals surface area contributed by atoms with Crippen molar-refractivity contribution in [2.24, 2.45) is 11.3 Å². The van der Waals surface area contributed by atoms with Crippen LogP contribution in [0.15, 0.2) is 41.8 Å². The molecule has 63 heavy (non-hydrogen) atoms. The van der Waals surface area contributed by atoms with E-state index in [4.69, 9.17) is 19.4 Å². The molecule has 19 heteroatoms.